The molecule has 1 unspecified atom stereocenters. The quantitative estimate of drug-likeness (QED) is 0.641. The van der Waals surface area contributed by atoms with Crippen molar-refractivity contribution in [2.45, 2.75) is 30.5 Å². The van der Waals surface area contributed by atoms with E-state index in [1.54, 1.807) is 23.1 Å². The van der Waals surface area contributed by atoms with Crippen LogP contribution in [0.15, 0.2) is 56.6 Å². The molecule has 2 heterocycles. The molecule has 2 aromatic heterocycles. The number of hydrogen-bond donors (Lipinski definition) is 1. The van der Waals surface area contributed by atoms with Crippen LogP contribution >= 0.6 is 23.1 Å². The first-order valence-corrected chi connectivity index (χ1v) is 9.52. The van der Waals surface area contributed by atoms with Crippen molar-refractivity contribution in [3.63, 3.8) is 0 Å². The van der Waals surface area contributed by atoms with Crippen LogP contribution in [-0.4, -0.2) is 10.9 Å². The maximum absolute atomic E-state index is 12.6. The van der Waals surface area contributed by atoms with Crippen molar-refractivity contribution < 1.29 is 9.21 Å². The lowest BCUT2D eigenvalue weighted by atomic mass is 10.2. The summed E-state index contributed by atoms with van der Waals surface area (Å²) in [6, 6.07) is 11.2. The Labute approximate surface area is 149 Å². The third kappa shape index (κ3) is 4.07. The highest BCUT2D eigenvalue weighted by Gasteiger charge is 2.17. The van der Waals surface area contributed by atoms with Crippen LogP contribution in [0, 0.1) is 6.92 Å². The van der Waals surface area contributed by atoms with E-state index >= 15 is 0 Å². The van der Waals surface area contributed by atoms with E-state index in [1.807, 2.05) is 61.1 Å². The Morgan fingerprint density at radius 2 is 2.17 bits per heavy atom. The molecule has 3 aromatic rings. The molecule has 0 spiro atoms. The lowest BCUT2D eigenvalue weighted by Gasteiger charge is -2.13. The summed E-state index contributed by atoms with van der Waals surface area (Å²) >= 11 is 3.20. The van der Waals surface area contributed by atoms with Gasteiger partial charge < -0.3 is 9.73 Å². The van der Waals surface area contributed by atoms with Crippen LogP contribution in [0.1, 0.15) is 40.5 Å². The molecule has 4 nitrogen and oxygen atoms in total. The summed E-state index contributed by atoms with van der Waals surface area (Å²) in [5, 5.41) is 5.02. The number of aryl methyl sites for hydroxylation is 1. The SMILES string of the molecule is Cc1ccc(C(C)NC(=O)c2ccccc2SCc2cscn2)o1. The minimum Gasteiger partial charge on any atom is -0.464 e. The van der Waals surface area contributed by atoms with E-state index in [0.717, 1.165) is 27.9 Å². The number of nitrogens with one attached hydrogen (secondary N) is 1. The maximum atomic E-state index is 12.6. The van der Waals surface area contributed by atoms with Crippen molar-refractivity contribution >= 4 is 29.0 Å². The standard InChI is InChI=1S/C18H18N2O2S2/c1-12-7-8-16(22-12)13(2)20-18(21)15-5-3-4-6-17(15)24-10-14-9-23-11-19-14/h3-9,11,13H,10H2,1-2H3,(H,20,21). The molecule has 0 aliphatic heterocycles. The molecule has 0 fully saturated rings. The molecule has 0 bridgehead atoms. The fourth-order valence-corrected chi connectivity index (χ4v) is 3.89. The molecule has 1 amide bonds. The van der Waals surface area contributed by atoms with Crippen LogP contribution in [0.5, 0.6) is 0 Å². The Hall–Kier alpha value is -2.05. The van der Waals surface area contributed by atoms with Gasteiger partial charge in [-0.2, -0.15) is 0 Å². The fourth-order valence-electron chi connectivity index (χ4n) is 2.27. The first kappa shape index (κ1) is 16.8. The van der Waals surface area contributed by atoms with Gasteiger partial charge in [-0.15, -0.1) is 23.1 Å². The molecular weight excluding hydrogens is 340 g/mol. The van der Waals surface area contributed by atoms with Crippen LogP contribution in [0.3, 0.4) is 0 Å². The van der Waals surface area contributed by atoms with E-state index in [1.165, 1.54) is 0 Å². The van der Waals surface area contributed by atoms with Gasteiger partial charge in [-0.1, -0.05) is 12.1 Å². The fraction of sp³-hybridized carbons (Fsp3) is 0.222. The molecule has 0 saturated heterocycles. The van der Waals surface area contributed by atoms with E-state index in [2.05, 4.69) is 10.3 Å². The molecule has 1 aromatic carbocycles. The number of nitrogens with zero attached hydrogens (tertiary/aromatic N) is 1. The van der Waals surface area contributed by atoms with Crippen LogP contribution in [-0.2, 0) is 5.75 Å². The van der Waals surface area contributed by atoms with Gasteiger partial charge in [-0.3, -0.25) is 4.79 Å². The minimum absolute atomic E-state index is 0.0991. The number of carbonyl (C=O) groups excluding carboxylic acids is 1. The topological polar surface area (TPSA) is 55.1 Å². The maximum Gasteiger partial charge on any atom is 0.252 e. The smallest absolute Gasteiger partial charge is 0.252 e. The molecule has 3 rings (SSSR count). The van der Waals surface area contributed by atoms with Crippen LogP contribution in [0.25, 0.3) is 0 Å². The van der Waals surface area contributed by atoms with Crippen molar-refractivity contribution in [1.29, 1.82) is 0 Å². The molecule has 124 valence electrons. The average molecular weight is 358 g/mol. The van der Waals surface area contributed by atoms with E-state index in [4.69, 9.17) is 4.42 Å². The van der Waals surface area contributed by atoms with Crippen LogP contribution < -0.4 is 5.32 Å². The first-order chi connectivity index (χ1) is 11.6. The summed E-state index contributed by atoms with van der Waals surface area (Å²) in [5.41, 5.74) is 3.52. The van der Waals surface area contributed by atoms with Crippen molar-refractivity contribution in [3.8, 4) is 0 Å². The zero-order chi connectivity index (χ0) is 16.9. The molecule has 1 N–H and O–H groups in total. The molecule has 24 heavy (non-hydrogen) atoms. The summed E-state index contributed by atoms with van der Waals surface area (Å²) in [6.07, 6.45) is 0. The van der Waals surface area contributed by atoms with E-state index in [-0.39, 0.29) is 11.9 Å². The van der Waals surface area contributed by atoms with Crippen LogP contribution in [0.2, 0.25) is 0 Å². The number of thioether (sulfide) groups is 1. The minimum atomic E-state index is -0.178. The average Bonchev–Trinajstić information content (AvgIpc) is 3.24. The van der Waals surface area contributed by atoms with Gasteiger partial charge in [0.15, 0.2) is 0 Å². The van der Waals surface area contributed by atoms with Crippen molar-refractivity contribution in [3.05, 3.63) is 70.1 Å². The lowest BCUT2D eigenvalue weighted by Crippen LogP contribution is -2.26. The predicted octanol–water partition coefficient (Wildman–Crippen LogP) is 4.83. The van der Waals surface area contributed by atoms with Crippen molar-refractivity contribution in [2.75, 3.05) is 0 Å². The van der Waals surface area contributed by atoms with Crippen molar-refractivity contribution in [2.24, 2.45) is 0 Å². The van der Waals surface area contributed by atoms with Crippen LogP contribution in [0.4, 0.5) is 0 Å². The Morgan fingerprint density at radius 3 is 2.88 bits per heavy atom. The Bertz CT molecular complexity index is 812. The van der Waals surface area contributed by atoms with Gasteiger partial charge in [0.25, 0.3) is 5.91 Å². The Kier molecular flexibility index (Phi) is 5.37. The third-order valence-electron chi connectivity index (χ3n) is 3.53. The normalized spacial score (nSPS) is 12.1. The van der Waals surface area contributed by atoms with Crippen molar-refractivity contribution in [1.82, 2.24) is 10.3 Å². The van der Waals surface area contributed by atoms with Gasteiger partial charge in [-0.25, -0.2) is 4.98 Å². The van der Waals surface area contributed by atoms with Gasteiger partial charge in [-0.05, 0) is 38.1 Å². The van der Waals surface area contributed by atoms with Gasteiger partial charge in [0.05, 0.1) is 22.8 Å². The summed E-state index contributed by atoms with van der Waals surface area (Å²) < 4.78 is 5.58. The number of benzene rings is 1. The molecule has 0 saturated carbocycles. The largest absolute Gasteiger partial charge is 0.464 e. The van der Waals surface area contributed by atoms with Gasteiger partial charge in [0.1, 0.15) is 11.5 Å². The second-order valence-electron chi connectivity index (χ2n) is 5.41. The number of furan rings is 1. The monoisotopic (exact) mass is 358 g/mol. The van der Waals surface area contributed by atoms with E-state index in [9.17, 15) is 4.79 Å². The highest BCUT2D eigenvalue weighted by molar-refractivity contribution is 7.98. The summed E-state index contributed by atoms with van der Waals surface area (Å²) in [4.78, 5) is 17.9. The second kappa shape index (κ2) is 7.68. The summed E-state index contributed by atoms with van der Waals surface area (Å²) in [5.74, 6) is 2.25. The summed E-state index contributed by atoms with van der Waals surface area (Å²) in [6.45, 7) is 3.81. The third-order valence-corrected chi connectivity index (χ3v) is 5.27. The zero-order valence-electron chi connectivity index (χ0n) is 13.5. The predicted molar refractivity (Wildman–Crippen MR) is 97.4 cm³/mol. The number of rotatable bonds is 6. The lowest BCUT2D eigenvalue weighted by molar-refractivity contribution is 0.0932. The number of amides is 1. The Balaban J connectivity index is 1.70. The van der Waals surface area contributed by atoms with Gasteiger partial charge in [0.2, 0.25) is 0 Å². The molecule has 1 atom stereocenters. The van der Waals surface area contributed by atoms with E-state index in [0.29, 0.717) is 5.56 Å². The second-order valence-corrected chi connectivity index (χ2v) is 7.14. The number of carbonyl (C=O) groups is 1. The van der Waals surface area contributed by atoms with E-state index < -0.39 is 0 Å². The zero-order valence-corrected chi connectivity index (χ0v) is 15.1. The van der Waals surface area contributed by atoms with Gasteiger partial charge in [0, 0.05) is 16.0 Å². The van der Waals surface area contributed by atoms with Gasteiger partial charge >= 0.3 is 0 Å². The molecule has 0 aliphatic rings. The molecular formula is C18H18N2O2S2. The number of hydrogen-bond acceptors (Lipinski definition) is 5. The highest BCUT2D eigenvalue weighted by Crippen LogP contribution is 2.27. The summed E-state index contributed by atoms with van der Waals surface area (Å²) in [7, 11) is 0. The molecule has 0 aliphatic carbocycles. The first-order valence-electron chi connectivity index (χ1n) is 7.59. The molecule has 0 radical (unpaired) electrons. The molecule has 6 heteroatoms. The number of aromatic nitrogens is 1. The number of thiazole rings is 1. The highest BCUT2D eigenvalue weighted by atomic mass is 32.2. The Morgan fingerprint density at radius 1 is 1.33 bits per heavy atom.